The molecular weight excluding hydrogens is 172 g/mol. The summed E-state index contributed by atoms with van der Waals surface area (Å²) in [5, 5.41) is 3.51. The fourth-order valence-electron chi connectivity index (χ4n) is 1.85. The Kier molecular flexibility index (Phi) is 2.22. The molecule has 76 valence electrons. The van der Waals surface area contributed by atoms with Crippen LogP contribution >= 0.6 is 0 Å². The van der Waals surface area contributed by atoms with Gasteiger partial charge in [0, 0.05) is 11.2 Å². The highest BCUT2D eigenvalue weighted by Gasteiger charge is 2.37. The number of aryl methyl sites for hydroxylation is 1. The van der Waals surface area contributed by atoms with Crippen molar-refractivity contribution in [2.75, 3.05) is 5.32 Å². The van der Waals surface area contributed by atoms with Gasteiger partial charge in [-0.3, -0.25) is 0 Å². The predicted octanol–water partition coefficient (Wildman–Crippen LogP) is 2.99. The second kappa shape index (κ2) is 3.26. The van der Waals surface area contributed by atoms with E-state index in [0.29, 0.717) is 0 Å². The molecule has 0 unspecified atom stereocenters. The van der Waals surface area contributed by atoms with Gasteiger partial charge >= 0.3 is 0 Å². The number of nitrogens with one attached hydrogen (secondary N) is 1. The number of hydrogen-bond donors (Lipinski definition) is 1. The Morgan fingerprint density at radius 2 is 2.07 bits per heavy atom. The molecule has 2 rings (SSSR count). The van der Waals surface area contributed by atoms with Crippen LogP contribution in [0.2, 0.25) is 0 Å². The van der Waals surface area contributed by atoms with E-state index in [1.54, 1.807) is 0 Å². The van der Waals surface area contributed by atoms with Gasteiger partial charge in [-0.25, -0.2) is 4.98 Å². The van der Waals surface area contributed by atoms with Gasteiger partial charge in [0.05, 0.1) is 0 Å². The molecule has 1 heterocycles. The maximum Gasteiger partial charge on any atom is 0.126 e. The Balaban J connectivity index is 2.09. The minimum absolute atomic E-state index is 0.195. The van der Waals surface area contributed by atoms with E-state index in [-0.39, 0.29) is 5.54 Å². The molecule has 0 spiro atoms. The van der Waals surface area contributed by atoms with E-state index >= 15 is 0 Å². The third-order valence-corrected chi connectivity index (χ3v) is 2.94. The second-order valence-electron chi connectivity index (χ2n) is 4.79. The molecule has 14 heavy (non-hydrogen) atoms. The third kappa shape index (κ3) is 2.06. The molecule has 1 N–H and O–H groups in total. The first kappa shape index (κ1) is 9.50. The monoisotopic (exact) mass is 190 g/mol. The normalized spacial score (nSPS) is 16.8. The van der Waals surface area contributed by atoms with Gasteiger partial charge in [0.1, 0.15) is 5.82 Å². The highest BCUT2D eigenvalue weighted by molar-refractivity contribution is 5.38. The summed E-state index contributed by atoms with van der Waals surface area (Å²) in [5.74, 6) is 1.83. The Bertz CT molecular complexity index is 327. The van der Waals surface area contributed by atoms with E-state index in [4.69, 9.17) is 0 Å². The molecule has 2 heteroatoms. The van der Waals surface area contributed by atoms with Crippen molar-refractivity contribution in [2.24, 2.45) is 5.92 Å². The maximum absolute atomic E-state index is 4.46. The number of anilines is 1. The van der Waals surface area contributed by atoms with Gasteiger partial charge in [0.2, 0.25) is 0 Å². The van der Waals surface area contributed by atoms with Gasteiger partial charge in [-0.2, -0.15) is 0 Å². The lowest BCUT2D eigenvalue weighted by atomic mass is 9.99. The van der Waals surface area contributed by atoms with Crippen molar-refractivity contribution in [3.8, 4) is 0 Å². The van der Waals surface area contributed by atoms with Gasteiger partial charge in [0.25, 0.3) is 0 Å². The SMILES string of the molecule is Cc1cccc(NC(C)(C)C2CC2)n1. The minimum atomic E-state index is 0.195. The molecule has 0 aromatic carbocycles. The first-order valence-corrected chi connectivity index (χ1v) is 5.30. The zero-order chi connectivity index (χ0) is 10.2. The van der Waals surface area contributed by atoms with Crippen molar-refractivity contribution in [3.63, 3.8) is 0 Å². The molecule has 0 saturated heterocycles. The fourth-order valence-corrected chi connectivity index (χ4v) is 1.85. The van der Waals surface area contributed by atoms with E-state index in [2.05, 4.69) is 24.1 Å². The molecule has 0 radical (unpaired) electrons. The summed E-state index contributed by atoms with van der Waals surface area (Å²) in [5.41, 5.74) is 1.27. The topological polar surface area (TPSA) is 24.9 Å². The number of nitrogens with zero attached hydrogens (tertiary/aromatic N) is 1. The number of hydrogen-bond acceptors (Lipinski definition) is 2. The fraction of sp³-hybridized carbons (Fsp3) is 0.583. The van der Waals surface area contributed by atoms with Gasteiger partial charge in [-0.15, -0.1) is 0 Å². The average molecular weight is 190 g/mol. The van der Waals surface area contributed by atoms with Crippen LogP contribution in [0.3, 0.4) is 0 Å². The first-order valence-electron chi connectivity index (χ1n) is 5.30. The van der Waals surface area contributed by atoms with Gasteiger partial charge < -0.3 is 5.32 Å². The number of pyridine rings is 1. The highest BCUT2D eigenvalue weighted by atomic mass is 15.1. The van der Waals surface area contributed by atoms with Crippen LogP contribution in [-0.4, -0.2) is 10.5 Å². The van der Waals surface area contributed by atoms with Crippen LogP contribution < -0.4 is 5.32 Å². The Morgan fingerprint density at radius 3 is 2.64 bits per heavy atom. The summed E-state index contributed by atoms with van der Waals surface area (Å²) in [6.45, 7) is 6.54. The van der Waals surface area contributed by atoms with Crippen molar-refractivity contribution in [1.82, 2.24) is 4.98 Å². The van der Waals surface area contributed by atoms with Crippen LogP contribution in [0, 0.1) is 12.8 Å². The van der Waals surface area contributed by atoms with Crippen molar-refractivity contribution in [2.45, 2.75) is 39.2 Å². The van der Waals surface area contributed by atoms with Crippen LogP contribution in [-0.2, 0) is 0 Å². The van der Waals surface area contributed by atoms with E-state index in [9.17, 15) is 0 Å². The van der Waals surface area contributed by atoms with Crippen molar-refractivity contribution in [1.29, 1.82) is 0 Å². The van der Waals surface area contributed by atoms with Gasteiger partial charge in [-0.1, -0.05) is 6.07 Å². The predicted molar refractivity (Wildman–Crippen MR) is 59.4 cm³/mol. The molecular formula is C12H18N2. The summed E-state index contributed by atoms with van der Waals surface area (Å²) in [4.78, 5) is 4.46. The van der Waals surface area contributed by atoms with Crippen LogP contribution in [0.1, 0.15) is 32.4 Å². The number of rotatable bonds is 3. The maximum atomic E-state index is 4.46. The van der Waals surface area contributed by atoms with E-state index < -0.39 is 0 Å². The molecule has 1 fully saturated rings. The van der Waals surface area contributed by atoms with Crippen LogP contribution in [0.4, 0.5) is 5.82 Å². The van der Waals surface area contributed by atoms with Crippen LogP contribution in [0.15, 0.2) is 18.2 Å². The van der Waals surface area contributed by atoms with Crippen LogP contribution in [0.25, 0.3) is 0 Å². The smallest absolute Gasteiger partial charge is 0.126 e. The highest BCUT2D eigenvalue weighted by Crippen LogP contribution is 2.40. The largest absolute Gasteiger partial charge is 0.365 e. The van der Waals surface area contributed by atoms with Crippen molar-refractivity contribution < 1.29 is 0 Å². The minimum Gasteiger partial charge on any atom is -0.365 e. The molecule has 0 bridgehead atoms. The summed E-state index contributed by atoms with van der Waals surface area (Å²) >= 11 is 0. The Hall–Kier alpha value is -1.05. The van der Waals surface area contributed by atoms with Gasteiger partial charge in [0.15, 0.2) is 0 Å². The van der Waals surface area contributed by atoms with Gasteiger partial charge in [-0.05, 0) is 51.7 Å². The Labute approximate surface area is 85.7 Å². The molecule has 2 nitrogen and oxygen atoms in total. The average Bonchev–Trinajstić information content (AvgIpc) is 2.84. The lowest BCUT2D eigenvalue weighted by Crippen LogP contribution is -2.33. The Morgan fingerprint density at radius 1 is 1.36 bits per heavy atom. The number of aromatic nitrogens is 1. The zero-order valence-corrected chi connectivity index (χ0v) is 9.17. The van der Waals surface area contributed by atoms with E-state index in [0.717, 1.165) is 17.4 Å². The molecule has 0 amide bonds. The van der Waals surface area contributed by atoms with E-state index in [1.165, 1.54) is 12.8 Å². The summed E-state index contributed by atoms with van der Waals surface area (Å²) in [7, 11) is 0. The summed E-state index contributed by atoms with van der Waals surface area (Å²) in [6, 6.07) is 6.11. The first-order chi connectivity index (χ1) is 6.58. The third-order valence-electron chi connectivity index (χ3n) is 2.94. The van der Waals surface area contributed by atoms with Crippen molar-refractivity contribution in [3.05, 3.63) is 23.9 Å². The lowest BCUT2D eigenvalue weighted by molar-refractivity contribution is 0.492. The molecule has 0 atom stereocenters. The van der Waals surface area contributed by atoms with E-state index in [1.807, 2.05) is 25.1 Å². The molecule has 1 aliphatic carbocycles. The molecule has 1 aromatic heterocycles. The summed E-state index contributed by atoms with van der Waals surface area (Å²) < 4.78 is 0. The zero-order valence-electron chi connectivity index (χ0n) is 9.17. The molecule has 1 aromatic rings. The standard InChI is InChI=1S/C12H18N2/c1-9-5-4-6-11(13-9)14-12(2,3)10-7-8-10/h4-6,10H,7-8H2,1-3H3,(H,13,14). The quantitative estimate of drug-likeness (QED) is 0.792. The summed E-state index contributed by atoms with van der Waals surface area (Å²) in [6.07, 6.45) is 2.71. The molecule has 1 saturated carbocycles. The molecule has 0 aliphatic heterocycles. The molecule has 1 aliphatic rings. The second-order valence-corrected chi connectivity index (χ2v) is 4.79. The lowest BCUT2D eigenvalue weighted by Gasteiger charge is -2.26. The van der Waals surface area contributed by atoms with Crippen LogP contribution in [0.5, 0.6) is 0 Å². The van der Waals surface area contributed by atoms with Crippen molar-refractivity contribution >= 4 is 5.82 Å².